The molecule has 0 bridgehead atoms. The van der Waals surface area contributed by atoms with Gasteiger partial charge in [-0.05, 0) is 54.1 Å². The van der Waals surface area contributed by atoms with Crippen molar-refractivity contribution < 1.29 is 42.7 Å². The van der Waals surface area contributed by atoms with Crippen LogP contribution in [-0.4, -0.2) is 48.0 Å². The molecule has 0 fully saturated rings. The number of rotatable bonds is 10. The van der Waals surface area contributed by atoms with Gasteiger partial charge in [-0.2, -0.15) is 13.2 Å². The van der Waals surface area contributed by atoms with Crippen LogP contribution >= 0.6 is 11.6 Å². The van der Waals surface area contributed by atoms with Crippen LogP contribution in [0.2, 0.25) is 5.02 Å². The number of aliphatic hydroxyl groups excluding tert-OH is 1. The fourth-order valence-electron chi connectivity index (χ4n) is 4.40. The highest BCUT2D eigenvalue weighted by molar-refractivity contribution is 7.91. The molecule has 0 saturated carbocycles. The molecule has 7 nitrogen and oxygen atoms in total. The molecule has 0 aliphatic heterocycles. The summed E-state index contributed by atoms with van der Waals surface area (Å²) < 4.78 is 118. The average Bonchev–Trinajstić information content (AvgIpc) is 3.31. The van der Waals surface area contributed by atoms with Crippen LogP contribution in [-0.2, 0) is 29.0 Å². The fraction of sp³-hybridized carbons (Fsp3) is 0.286. The molecule has 4 aromatic rings. The van der Waals surface area contributed by atoms with Crippen LogP contribution in [0.5, 0.6) is 0 Å². The van der Waals surface area contributed by atoms with Crippen molar-refractivity contribution >= 4 is 38.2 Å². The summed E-state index contributed by atoms with van der Waals surface area (Å²) in [5.74, 6) is -0.713. The molecule has 0 saturated heterocycles. The van der Waals surface area contributed by atoms with Crippen molar-refractivity contribution in [1.82, 2.24) is 14.9 Å². The number of halogens is 5. The number of hydrogen-bond acceptors (Lipinski definition) is 5. The number of pyridine rings is 1. The molecule has 41 heavy (non-hydrogen) atoms. The SMILES string of the molecule is [2H]C([2H])([2H])C([2H])([2H])S(=O)(=O)c1ccc([C@H](CO)NC(=O)c2ccc3c(c2)cc(Cc2ccc(Cl)cc2C(F)(F)F)n3CCF)nc1. The number of carbonyl (C=O) groups excluding carboxylic acids is 1. The minimum Gasteiger partial charge on any atom is -0.394 e. The average molecular weight is 617 g/mol. The third-order valence-corrected chi connectivity index (χ3v) is 7.72. The monoisotopic (exact) mass is 616 g/mol. The van der Waals surface area contributed by atoms with E-state index in [0.29, 0.717) is 16.6 Å². The maximum atomic E-state index is 13.7. The van der Waals surface area contributed by atoms with Crippen molar-refractivity contribution in [3.63, 3.8) is 0 Å². The minimum atomic E-state index is -5.00. The van der Waals surface area contributed by atoms with Crippen LogP contribution in [0.4, 0.5) is 17.6 Å². The van der Waals surface area contributed by atoms with E-state index < -0.39 is 64.3 Å². The van der Waals surface area contributed by atoms with Crippen LogP contribution in [0.25, 0.3) is 10.9 Å². The highest BCUT2D eigenvalue weighted by Crippen LogP contribution is 2.35. The fourth-order valence-corrected chi connectivity index (χ4v) is 5.13. The lowest BCUT2D eigenvalue weighted by atomic mass is 10.0. The number of amides is 1. The maximum Gasteiger partial charge on any atom is 0.416 e. The van der Waals surface area contributed by atoms with Gasteiger partial charge in [0.2, 0.25) is 0 Å². The second-order valence-corrected chi connectivity index (χ2v) is 11.1. The van der Waals surface area contributed by atoms with E-state index in [1.165, 1.54) is 34.9 Å². The topological polar surface area (TPSA) is 101 Å². The Balaban J connectivity index is 1.60. The Kier molecular flexibility index (Phi) is 7.17. The van der Waals surface area contributed by atoms with Gasteiger partial charge < -0.3 is 15.0 Å². The van der Waals surface area contributed by atoms with Crippen LogP contribution in [0, 0.1) is 0 Å². The number of nitrogens with zero attached hydrogens (tertiary/aromatic N) is 2. The highest BCUT2D eigenvalue weighted by atomic mass is 35.5. The third-order valence-electron chi connectivity index (χ3n) is 6.36. The predicted molar refractivity (Wildman–Crippen MR) is 146 cm³/mol. The normalized spacial score (nSPS) is 15.4. The molecule has 4 rings (SSSR count). The zero-order valence-corrected chi connectivity index (χ0v) is 22.6. The summed E-state index contributed by atoms with van der Waals surface area (Å²) in [5, 5.41) is 12.8. The third kappa shape index (κ3) is 6.71. The molecule has 2 aromatic carbocycles. The maximum absolute atomic E-state index is 13.7. The van der Waals surface area contributed by atoms with E-state index in [4.69, 9.17) is 18.5 Å². The molecule has 0 aliphatic rings. The van der Waals surface area contributed by atoms with E-state index in [2.05, 4.69) is 10.3 Å². The number of nitrogens with one attached hydrogen (secondary N) is 1. The number of sulfone groups is 1. The van der Waals surface area contributed by atoms with E-state index >= 15 is 0 Å². The lowest BCUT2D eigenvalue weighted by Crippen LogP contribution is -2.31. The first kappa shape index (κ1) is 24.2. The molecule has 0 aliphatic carbocycles. The molecule has 1 atom stereocenters. The number of carbonyl (C=O) groups is 1. The van der Waals surface area contributed by atoms with Crippen LogP contribution < -0.4 is 5.32 Å². The summed E-state index contributed by atoms with van der Waals surface area (Å²) in [6.45, 7) is -5.14. The Bertz CT molecular complexity index is 1870. The van der Waals surface area contributed by atoms with Crippen molar-refractivity contribution in [2.45, 2.75) is 36.9 Å². The number of aromatic nitrogens is 2. The van der Waals surface area contributed by atoms with Gasteiger partial charge in [0, 0.05) is 46.7 Å². The number of aliphatic hydroxyl groups is 1. The van der Waals surface area contributed by atoms with E-state index in [9.17, 15) is 35.9 Å². The summed E-state index contributed by atoms with van der Waals surface area (Å²) in [4.78, 5) is 16.3. The first-order valence-electron chi connectivity index (χ1n) is 14.5. The number of aryl methyl sites for hydroxylation is 1. The molecular weight excluding hydrogens is 586 g/mol. The van der Waals surface area contributed by atoms with Gasteiger partial charge in [0.05, 0.1) is 41.1 Å². The molecule has 1 amide bonds. The number of benzene rings is 2. The summed E-state index contributed by atoms with van der Waals surface area (Å²) in [5.41, 5.74) is -3.75. The standard InChI is InChI=1S/C28H26ClF4N3O4S/c1-2-41(39,40)22-6-7-24(34-15-22)25(16-37)35-27(38)18-4-8-26-19(11-18)13-21(36(26)10-9-30)12-17-3-5-20(29)14-23(17)28(31,32)33/h3-8,11,13-15,25,37H,2,9-10,12,16H2,1H3,(H,35,38)/t25-/m0/s1/i1D3,2D2. The Morgan fingerprint density at radius 1 is 1.20 bits per heavy atom. The molecule has 218 valence electrons. The molecule has 2 aromatic heterocycles. The molecule has 2 N–H and O–H groups in total. The summed E-state index contributed by atoms with van der Waals surface area (Å²) in [6.07, 6.45) is -4.17. The first-order chi connectivity index (χ1) is 21.3. The van der Waals surface area contributed by atoms with Crippen molar-refractivity contribution in [2.24, 2.45) is 0 Å². The summed E-state index contributed by atoms with van der Waals surface area (Å²) in [7, 11) is -5.00. The predicted octanol–water partition coefficient (Wildman–Crippen LogP) is 5.53. The molecular formula is C28H26ClF4N3O4S. The van der Waals surface area contributed by atoms with Crippen LogP contribution in [0.3, 0.4) is 0 Å². The smallest absolute Gasteiger partial charge is 0.394 e. The van der Waals surface area contributed by atoms with Gasteiger partial charge in [-0.25, -0.2) is 12.8 Å². The second kappa shape index (κ2) is 12.2. The Hall–Kier alpha value is -3.48. The Labute approximate surface area is 245 Å². The molecule has 0 spiro atoms. The van der Waals surface area contributed by atoms with Crippen molar-refractivity contribution in [1.29, 1.82) is 0 Å². The van der Waals surface area contributed by atoms with Gasteiger partial charge in [-0.1, -0.05) is 24.5 Å². The number of alkyl halides is 4. The van der Waals surface area contributed by atoms with Gasteiger partial charge >= 0.3 is 6.18 Å². The summed E-state index contributed by atoms with van der Waals surface area (Å²) in [6, 6.07) is 10.1. The molecule has 2 heterocycles. The van der Waals surface area contributed by atoms with Crippen LogP contribution in [0.1, 0.15) is 52.6 Å². The van der Waals surface area contributed by atoms with Crippen molar-refractivity contribution in [3.05, 3.63) is 93.9 Å². The van der Waals surface area contributed by atoms with Crippen LogP contribution in [0.15, 0.2) is 65.7 Å². The van der Waals surface area contributed by atoms with Crippen molar-refractivity contribution in [2.75, 3.05) is 19.0 Å². The quantitative estimate of drug-likeness (QED) is 0.228. The summed E-state index contributed by atoms with van der Waals surface area (Å²) >= 11 is 5.79. The largest absolute Gasteiger partial charge is 0.416 e. The van der Waals surface area contributed by atoms with E-state index in [0.717, 1.165) is 24.4 Å². The first-order valence-corrected chi connectivity index (χ1v) is 13.8. The zero-order valence-electron chi connectivity index (χ0n) is 26.0. The lowest BCUT2D eigenvalue weighted by Gasteiger charge is -2.16. The minimum absolute atomic E-state index is 0.0230. The van der Waals surface area contributed by atoms with Gasteiger partial charge in [0.1, 0.15) is 6.67 Å². The van der Waals surface area contributed by atoms with Gasteiger partial charge in [0.15, 0.2) is 9.84 Å². The van der Waals surface area contributed by atoms with E-state index in [1.54, 1.807) is 6.07 Å². The molecule has 13 heteroatoms. The van der Waals surface area contributed by atoms with Gasteiger partial charge in [-0.3, -0.25) is 9.78 Å². The number of hydrogen-bond donors (Lipinski definition) is 2. The van der Waals surface area contributed by atoms with Crippen molar-refractivity contribution in [3.8, 4) is 0 Å². The molecule has 0 radical (unpaired) electrons. The zero-order chi connectivity index (χ0) is 34.2. The van der Waals surface area contributed by atoms with Gasteiger partial charge in [-0.15, -0.1) is 0 Å². The highest BCUT2D eigenvalue weighted by Gasteiger charge is 2.33. The van der Waals surface area contributed by atoms with E-state index in [1.807, 2.05) is 0 Å². The Morgan fingerprint density at radius 2 is 1.98 bits per heavy atom. The second-order valence-electron chi connectivity index (χ2n) is 8.96. The number of fused-ring (bicyclic) bond motifs is 1. The van der Waals surface area contributed by atoms with E-state index in [-0.39, 0.29) is 34.8 Å². The van der Waals surface area contributed by atoms with Gasteiger partial charge in [0.25, 0.3) is 5.91 Å². The molecule has 0 unspecified atom stereocenters. The lowest BCUT2D eigenvalue weighted by molar-refractivity contribution is -0.138. The Morgan fingerprint density at radius 3 is 2.61 bits per heavy atom.